The highest BCUT2D eigenvalue weighted by Gasteiger charge is 2.23. The fourth-order valence-corrected chi connectivity index (χ4v) is 2.85. The normalized spacial score (nSPS) is 21.8. The number of non-ortho nitro benzene ring substituents is 1. The van der Waals surface area contributed by atoms with Crippen LogP contribution in [0.1, 0.15) is 19.7 Å². The molecule has 1 saturated heterocycles. The van der Waals surface area contributed by atoms with E-state index in [2.05, 4.69) is 23.7 Å². The number of morpholine rings is 1. The summed E-state index contributed by atoms with van der Waals surface area (Å²) in [6, 6.07) is 6.76. The van der Waals surface area contributed by atoms with Crippen molar-refractivity contribution in [2.45, 2.75) is 32.4 Å². The first kappa shape index (κ1) is 16.6. The van der Waals surface area contributed by atoms with Gasteiger partial charge in [-0.25, -0.2) is 4.98 Å². The molecule has 0 radical (unpaired) electrons. The standard InChI is InChI=1S/C17H21N3O4/c1-12-11-23-13(2)10-19(12)7-6-17-18-9-16(24-17)14-4-3-5-15(8-14)20(21)22/h3-5,8-9,12-13H,6-7,10-11H2,1-2H3/t12-,13-/m1/s1. The maximum atomic E-state index is 10.9. The summed E-state index contributed by atoms with van der Waals surface area (Å²) in [5.41, 5.74) is 0.706. The van der Waals surface area contributed by atoms with Gasteiger partial charge in [0.05, 0.1) is 23.8 Å². The van der Waals surface area contributed by atoms with Crippen LogP contribution in [-0.4, -0.2) is 46.6 Å². The Hall–Kier alpha value is -2.25. The van der Waals surface area contributed by atoms with E-state index in [9.17, 15) is 10.1 Å². The summed E-state index contributed by atoms with van der Waals surface area (Å²) in [4.78, 5) is 17.1. The molecule has 0 unspecified atom stereocenters. The minimum atomic E-state index is -0.415. The zero-order chi connectivity index (χ0) is 17.1. The molecule has 7 heteroatoms. The second-order valence-corrected chi connectivity index (χ2v) is 6.16. The van der Waals surface area contributed by atoms with Gasteiger partial charge in [0.25, 0.3) is 5.69 Å². The monoisotopic (exact) mass is 331 g/mol. The highest BCUT2D eigenvalue weighted by molar-refractivity contribution is 5.60. The number of nitro groups is 1. The van der Waals surface area contributed by atoms with Crippen molar-refractivity contribution in [1.29, 1.82) is 0 Å². The fourth-order valence-electron chi connectivity index (χ4n) is 2.85. The number of hydrogen-bond donors (Lipinski definition) is 0. The quantitative estimate of drug-likeness (QED) is 0.619. The van der Waals surface area contributed by atoms with Crippen molar-refractivity contribution in [2.24, 2.45) is 0 Å². The molecule has 1 fully saturated rings. The molecule has 0 bridgehead atoms. The SMILES string of the molecule is C[C@@H]1CN(CCc2ncc(-c3cccc([N+](=O)[O-])c3)o2)[C@H](C)CO1. The predicted octanol–water partition coefficient (Wildman–Crippen LogP) is 2.90. The Kier molecular flexibility index (Phi) is 4.92. The number of benzene rings is 1. The summed E-state index contributed by atoms with van der Waals surface area (Å²) in [5.74, 6) is 1.19. The first-order valence-corrected chi connectivity index (χ1v) is 8.08. The topological polar surface area (TPSA) is 81.6 Å². The average molecular weight is 331 g/mol. The molecular weight excluding hydrogens is 310 g/mol. The van der Waals surface area contributed by atoms with Crippen LogP contribution in [0.25, 0.3) is 11.3 Å². The molecule has 1 aliphatic heterocycles. The number of nitrogens with zero attached hydrogens (tertiary/aromatic N) is 3. The number of rotatable bonds is 5. The summed E-state index contributed by atoms with van der Waals surface area (Å²) >= 11 is 0. The summed E-state index contributed by atoms with van der Waals surface area (Å²) in [5, 5.41) is 10.9. The summed E-state index contributed by atoms with van der Waals surface area (Å²) in [7, 11) is 0. The number of oxazole rings is 1. The van der Waals surface area contributed by atoms with E-state index >= 15 is 0 Å². The number of nitro benzene ring substituents is 1. The highest BCUT2D eigenvalue weighted by atomic mass is 16.6. The highest BCUT2D eigenvalue weighted by Crippen LogP contribution is 2.24. The van der Waals surface area contributed by atoms with Gasteiger partial charge in [-0.2, -0.15) is 0 Å². The van der Waals surface area contributed by atoms with Crippen molar-refractivity contribution in [1.82, 2.24) is 9.88 Å². The van der Waals surface area contributed by atoms with Crippen LogP contribution in [0, 0.1) is 10.1 Å². The van der Waals surface area contributed by atoms with Crippen LogP contribution in [0.5, 0.6) is 0 Å². The van der Waals surface area contributed by atoms with Gasteiger partial charge in [-0.3, -0.25) is 15.0 Å². The van der Waals surface area contributed by atoms with Gasteiger partial charge >= 0.3 is 0 Å². The third-order valence-corrected chi connectivity index (χ3v) is 4.24. The van der Waals surface area contributed by atoms with Crippen molar-refractivity contribution < 1.29 is 14.1 Å². The van der Waals surface area contributed by atoms with E-state index in [0.717, 1.165) is 19.7 Å². The minimum Gasteiger partial charge on any atom is -0.441 e. The maximum absolute atomic E-state index is 10.9. The molecule has 3 rings (SSSR count). The Morgan fingerprint density at radius 1 is 1.42 bits per heavy atom. The Labute approximate surface area is 140 Å². The molecule has 1 aromatic heterocycles. The van der Waals surface area contributed by atoms with Crippen LogP contribution in [0.3, 0.4) is 0 Å². The number of ether oxygens (including phenoxy) is 1. The molecule has 0 aliphatic carbocycles. The van der Waals surface area contributed by atoms with E-state index in [1.54, 1.807) is 18.3 Å². The Morgan fingerprint density at radius 2 is 2.25 bits per heavy atom. The summed E-state index contributed by atoms with van der Waals surface area (Å²) in [6.45, 7) is 6.72. The molecule has 1 aliphatic rings. The smallest absolute Gasteiger partial charge is 0.270 e. The molecular formula is C17H21N3O4. The van der Waals surface area contributed by atoms with E-state index in [-0.39, 0.29) is 11.8 Å². The van der Waals surface area contributed by atoms with Crippen molar-refractivity contribution in [3.63, 3.8) is 0 Å². The van der Waals surface area contributed by atoms with Gasteiger partial charge in [-0.1, -0.05) is 12.1 Å². The largest absolute Gasteiger partial charge is 0.441 e. The van der Waals surface area contributed by atoms with Crippen LogP contribution in [0.4, 0.5) is 5.69 Å². The Morgan fingerprint density at radius 3 is 3.04 bits per heavy atom. The second kappa shape index (κ2) is 7.11. The molecule has 128 valence electrons. The zero-order valence-corrected chi connectivity index (χ0v) is 13.8. The third-order valence-electron chi connectivity index (χ3n) is 4.24. The lowest BCUT2D eigenvalue weighted by molar-refractivity contribution is -0.384. The van der Waals surface area contributed by atoms with E-state index in [4.69, 9.17) is 9.15 Å². The van der Waals surface area contributed by atoms with Gasteiger partial charge in [-0.05, 0) is 13.8 Å². The molecule has 2 atom stereocenters. The van der Waals surface area contributed by atoms with Crippen LogP contribution < -0.4 is 0 Å². The van der Waals surface area contributed by atoms with Crippen LogP contribution >= 0.6 is 0 Å². The first-order chi connectivity index (χ1) is 11.5. The lowest BCUT2D eigenvalue weighted by atomic mass is 10.2. The van der Waals surface area contributed by atoms with Crippen LogP contribution in [0.15, 0.2) is 34.9 Å². The van der Waals surface area contributed by atoms with Crippen LogP contribution in [0.2, 0.25) is 0 Å². The van der Waals surface area contributed by atoms with E-state index in [0.29, 0.717) is 29.7 Å². The summed E-state index contributed by atoms with van der Waals surface area (Å²) < 4.78 is 11.4. The van der Waals surface area contributed by atoms with Crippen molar-refractivity contribution in [3.05, 3.63) is 46.5 Å². The van der Waals surface area contributed by atoms with Crippen LogP contribution in [-0.2, 0) is 11.2 Å². The minimum absolute atomic E-state index is 0.0431. The lowest BCUT2D eigenvalue weighted by Gasteiger charge is -2.36. The van der Waals surface area contributed by atoms with Gasteiger partial charge in [0, 0.05) is 43.2 Å². The molecule has 0 N–H and O–H groups in total. The van der Waals surface area contributed by atoms with Gasteiger partial charge in [0.1, 0.15) is 0 Å². The average Bonchev–Trinajstić information content (AvgIpc) is 3.05. The van der Waals surface area contributed by atoms with Crippen molar-refractivity contribution in [2.75, 3.05) is 19.7 Å². The molecule has 2 aromatic rings. The molecule has 1 aromatic carbocycles. The van der Waals surface area contributed by atoms with Gasteiger partial charge < -0.3 is 9.15 Å². The molecule has 0 amide bonds. The van der Waals surface area contributed by atoms with E-state index in [1.165, 1.54) is 12.1 Å². The molecule has 7 nitrogen and oxygen atoms in total. The van der Waals surface area contributed by atoms with E-state index < -0.39 is 4.92 Å². The Bertz CT molecular complexity index is 715. The molecule has 2 heterocycles. The van der Waals surface area contributed by atoms with Crippen molar-refractivity contribution >= 4 is 5.69 Å². The molecule has 0 saturated carbocycles. The fraction of sp³-hybridized carbons (Fsp3) is 0.471. The zero-order valence-electron chi connectivity index (χ0n) is 13.8. The molecule has 24 heavy (non-hydrogen) atoms. The van der Waals surface area contributed by atoms with Gasteiger partial charge in [-0.15, -0.1) is 0 Å². The van der Waals surface area contributed by atoms with E-state index in [1.807, 2.05) is 0 Å². The number of aromatic nitrogens is 1. The number of hydrogen-bond acceptors (Lipinski definition) is 6. The summed E-state index contributed by atoms with van der Waals surface area (Å²) in [6.07, 6.45) is 2.57. The molecule has 0 spiro atoms. The van der Waals surface area contributed by atoms with Gasteiger partial charge in [0.2, 0.25) is 0 Å². The second-order valence-electron chi connectivity index (χ2n) is 6.16. The Balaban J connectivity index is 1.65. The van der Waals surface area contributed by atoms with Crippen molar-refractivity contribution in [3.8, 4) is 11.3 Å². The predicted molar refractivity (Wildman–Crippen MR) is 88.7 cm³/mol. The van der Waals surface area contributed by atoms with Gasteiger partial charge in [0.15, 0.2) is 11.7 Å². The first-order valence-electron chi connectivity index (χ1n) is 8.08. The lowest BCUT2D eigenvalue weighted by Crippen LogP contribution is -2.47. The maximum Gasteiger partial charge on any atom is 0.270 e. The third kappa shape index (κ3) is 3.80.